The molecule has 3 nitrogen and oxygen atoms in total. The van der Waals surface area contributed by atoms with E-state index in [1.54, 1.807) is 0 Å². The molecule has 116 valence electrons. The molecule has 0 aliphatic heterocycles. The predicted octanol–water partition coefficient (Wildman–Crippen LogP) is 3.85. The van der Waals surface area contributed by atoms with Gasteiger partial charge in [-0.2, -0.15) is 0 Å². The third-order valence-electron chi connectivity index (χ3n) is 5.08. The lowest BCUT2D eigenvalue weighted by Crippen LogP contribution is -2.29. The Labute approximate surface area is 128 Å². The number of hydrogen-bond donors (Lipinski definition) is 1. The first-order valence-electron chi connectivity index (χ1n) is 8.47. The fourth-order valence-electron chi connectivity index (χ4n) is 3.13. The van der Waals surface area contributed by atoms with Gasteiger partial charge in [-0.05, 0) is 50.9 Å². The first kappa shape index (κ1) is 14.8. The van der Waals surface area contributed by atoms with Crippen molar-refractivity contribution in [2.45, 2.75) is 71.6 Å². The second-order valence-electron chi connectivity index (χ2n) is 7.10. The van der Waals surface area contributed by atoms with Gasteiger partial charge < -0.3 is 10.1 Å². The van der Waals surface area contributed by atoms with Crippen molar-refractivity contribution in [3.8, 4) is 5.75 Å². The summed E-state index contributed by atoms with van der Waals surface area (Å²) in [5.74, 6) is 2.64. The van der Waals surface area contributed by atoms with Crippen LogP contribution in [-0.4, -0.2) is 17.1 Å². The smallest absolute Gasteiger partial charge is 0.127 e. The first-order valence-corrected chi connectivity index (χ1v) is 8.47. The van der Waals surface area contributed by atoms with Gasteiger partial charge in [-0.15, -0.1) is 0 Å². The highest BCUT2D eigenvalue weighted by Crippen LogP contribution is 2.33. The molecule has 2 fully saturated rings. The predicted molar refractivity (Wildman–Crippen MR) is 85.4 cm³/mol. The fraction of sp³-hybridized carbons (Fsp3) is 0.722. The van der Waals surface area contributed by atoms with E-state index in [0.717, 1.165) is 35.9 Å². The van der Waals surface area contributed by atoms with Gasteiger partial charge in [0.05, 0.1) is 6.10 Å². The van der Waals surface area contributed by atoms with Crippen LogP contribution in [-0.2, 0) is 6.54 Å². The number of hydrogen-bond acceptors (Lipinski definition) is 3. The van der Waals surface area contributed by atoms with Gasteiger partial charge in [-0.1, -0.05) is 13.8 Å². The number of pyridine rings is 1. The van der Waals surface area contributed by atoms with Crippen LogP contribution in [0.1, 0.15) is 57.2 Å². The standard InChI is InChI=1S/C18H28N2O/c1-12-4-7-17(8-13(12)2)21-18-9-14(3)19-10-15(18)11-20-16-5-6-16/h9-10,12-13,16-17,20H,4-8,11H2,1-3H3. The summed E-state index contributed by atoms with van der Waals surface area (Å²) in [6, 6.07) is 2.82. The van der Waals surface area contributed by atoms with E-state index < -0.39 is 0 Å². The zero-order valence-electron chi connectivity index (χ0n) is 13.6. The van der Waals surface area contributed by atoms with Crippen molar-refractivity contribution in [2.24, 2.45) is 11.8 Å². The maximum Gasteiger partial charge on any atom is 0.127 e. The maximum atomic E-state index is 6.36. The molecular formula is C18H28N2O. The van der Waals surface area contributed by atoms with E-state index in [2.05, 4.69) is 30.2 Å². The molecule has 1 N–H and O–H groups in total. The van der Waals surface area contributed by atoms with Crippen LogP contribution < -0.4 is 10.1 Å². The van der Waals surface area contributed by atoms with Gasteiger partial charge >= 0.3 is 0 Å². The minimum atomic E-state index is 0.373. The van der Waals surface area contributed by atoms with Gasteiger partial charge in [0, 0.05) is 36.1 Å². The summed E-state index contributed by atoms with van der Waals surface area (Å²) in [5, 5.41) is 3.57. The molecule has 2 saturated carbocycles. The maximum absolute atomic E-state index is 6.36. The molecule has 3 atom stereocenters. The SMILES string of the molecule is Cc1cc(OC2CCC(C)C(C)C2)c(CNC2CC2)cn1. The van der Waals surface area contributed by atoms with Crippen LogP contribution >= 0.6 is 0 Å². The average molecular weight is 288 g/mol. The highest BCUT2D eigenvalue weighted by molar-refractivity contribution is 5.33. The van der Waals surface area contributed by atoms with Crippen LogP contribution in [0.15, 0.2) is 12.3 Å². The first-order chi connectivity index (χ1) is 10.1. The van der Waals surface area contributed by atoms with E-state index >= 15 is 0 Å². The Morgan fingerprint density at radius 3 is 2.71 bits per heavy atom. The van der Waals surface area contributed by atoms with Crippen LogP contribution in [0, 0.1) is 18.8 Å². The lowest BCUT2D eigenvalue weighted by Gasteiger charge is -2.32. The summed E-state index contributed by atoms with van der Waals surface area (Å²) in [6.07, 6.45) is 8.62. The molecule has 3 heteroatoms. The topological polar surface area (TPSA) is 34.1 Å². The highest BCUT2D eigenvalue weighted by atomic mass is 16.5. The van der Waals surface area contributed by atoms with Crippen LogP contribution in [0.25, 0.3) is 0 Å². The van der Waals surface area contributed by atoms with E-state index in [9.17, 15) is 0 Å². The Morgan fingerprint density at radius 1 is 1.19 bits per heavy atom. The van der Waals surface area contributed by atoms with E-state index in [1.165, 1.54) is 37.7 Å². The second-order valence-corrected chi connectivity index (χ2v) is 7.10. The normalized spacial score (nSPS) is 29.4. The van der Waals surface area contributed by atoms with Crippen molar-refractivity contribution < 1.29 is 4.74 Å². The van der Waals surface area contributed by atoms with E-state index in [4.69, 9.17) is 4.74 Å². The van der Waals surface area contributed by atoms with E-state index in [-0.39, 0.29) is 0 Å². The molecule has 0 amide bonds. The van der Waals surface area contributed by atoms with Crippen LogP contribution in [0.4, 0.5) is 0 Å². The van der Waals surface area contributed by atoms with Crippen LogP contribution in [0.5, 0.6) is 5.75 Å². The van der Waals surface area contributed by atoms with Gasteiger partial charge in [0.15, 0.2) is 0 Å². The molecule has 0 saturated heterocycles. The van der Waals surface area contributed by atoms with E-state index in [1.807, 2.05) is 13.1 Å². The molecule has 21 heavy (non-hydrogen) atoms. The Bertz CT molecular complexity index is 484. The fourth-order valence-corrected chi connectivity index (χ4v) is 3.13. The summed E-state index contributed by atoms with van der Waals surface area (Å²) in [7, 11) is 0. The molecule has 1 aromatic heterocycles. The monoisotopic (exact) mass is 288 g/mol. The molecular weight excluding hydrogens is 260 g/mol. The summed E-state index contributed by atoms with van der Waals surface area (Å²) in [6.45, 7) is 7.64. The van der Waals surface area contributed by atoms with Gasteiger partial charge in [0.25, 0.3) is 0 Å². The molecule has 3 unspecified atom stereocenters. The molecule has 1 heterocycles. The minimum absolute atomic E-state index is 0.373. The molecule has 2 aliphatic rings. The van der Waals surface area contributed by atoms with Crippen LogP contribution in [0.3, 0.4) is 0 Å². The third-order valence-corrected chi connectivity index (χ3v) is 5.08. The molecule has 1 aromatic rings. The summed E-state index contributed by atoms with van der Waals surface area (Å²) >= 11 is 0. The number of ether oxygens (including phenoxy) is 1. The Hall–Kier alpha value is -1.09. The Morgan fingerprint density at radius 2 is 2.00 bits per heavy atom. The second kappa shape index (κ2) is 6.35. The van der Waals surface area contributed by atoms with Crippen molar-refractivity contribution in [1.29, 1.82) is 0 Å². The number of aryl methyl sites for hydroxylation is 1. The number of nitrogens with zero attached hydrogens (tertiary/aromatic N) is 1. The van der Waals surface area contributed by atoms with E-state index in [0.29, 0.717) is 6.10 Å². The van der Waals surface area contributed by atoms with Crippen molar-refractivity contribution in [3.05, 3.63) is 23.5 Å². The Balaban J connectivity index is 1.66. The Kier molecular flexibility index (Phi) is 4.48. The van der Waals surface area contributed by atoms with Crippen LogP contribution in [0.2, 0.25) is 0 Å². The molecule has 2 aliphatic carbocycles. The lowest BCUT2D eigenvalue weighted by atomic mass is 9.80. The quantitative estimate of drug-likeness (QED) is 0.893. The van der Waals surface area contributed by atoms with Gasteiger partial charge in [0.1, 0.15) is 5.75 Å². The van der Waals surface area contributed by atoms with Crippen molar-refractivity contribution in [1.82, 2.24) is 10.3 Å². The highest BCUT2D eigenvalue weighted by Gasteiger charge is 2.26. The lowest BCUT2D eigenvalue weighted by molar-refractivity contribution is 0.0994. The number of nitrogens with one attached hydrogen (secondary N) is 1. The zero-order valence-corrected chi connectivity index (χ0v) is 13.6. The summed E-state index contributed by atoms with van der Waals surface area (Å²) in [5.41, 5.74) is 2.25. The molecule has 0 bridgehead atoms. The largest absolute Gasteiger partial charge is 0.490 e. The summed E-state index contributed by atoms with van der Waals surface area (Å²) in [4.78, 5) is 4.44. The van der Waals surface area contributed by atoms with Gasteiger partial charge in [-0.3, -0.25) is 4.98 Å². The zero-order chi connectivity index (χ0) is 14.8. The number of rotatable bonds is 5. The van der Waals surface area contributed by atoms with Crippen molar-refractivity contribution in [3.63, 3.8) is 0 Å². The van der Waals surface area contributed by atoms with Crippen molar-refractivity contribution >= 4 is 0 Å². The minimum Gasteiger partial charge on any atom is -0.490 e. The summed E-state index contributed by atoms with van der Waals surface area (Å²) < 4.78 is 6.36. The molecule has 3 rings (SSSR count). The van der Waals surface area contributed by atoms with Gasteiger partial charge in [0.2, 0.25) is 0 Å². The molecule has 0 aromatic carbocycles. The van der Waals surface area contributed by atoms with Crippen molar-refractivity contribution in [2.75, 3.05) is 0 Å². The average Bonchev–Trinajstić information content (AvgIpc) is 3.26. The third kappa shape index (κ3) is 3.97. The molecule has 0 spiro atoms. The molecule has 0 radical (unpaired) electrons. The number of aromatic nitrogens is 1. The van der Waals surface area contributed by atoms with Gasteiger partial charge in [-0.25, -0.2) is 0 Å².